The molecule has 3 N–H and O–H groups in total. The molecule has 3 aromatic carbocycles. The fourth-order valence-corrected chi connectivity index (χ4v) is 4.47. The van der Waals surface area contributed by atoms with Crippen molar-refractivity contribution >= 4 is 29.0 Å². The normalized spacial score (nSPS) is 13.1. The van der Waals surface area contributed by atoms with Gasteiger partial charge in [-0.15, -0.1) is 0 Å². The minimum Gasteiger partial charge on any atom is -0.495 e. The van der Waals surface area contributed by atoms with Gasteiger partial charge in [0.15, 0.2) is 0 Å². The summed E-state index contributed by atoms with van der Waals surface area (Å²) in [6, 6.07) is 22.8. The van der Waals surface area contributed by atoms with Gasteiger partial charge in [-0.05, 0) is 35.9 Å². The van der Waals surface area contributed by atoms with Gasteiger partial charge in [0.05, 0.1) is 25.0 Å². The Balaban J connectivity index is 1.46. The lowest BCUT2D eigenvalue weighted by Gasteiger charge is -2.38. The van der Waals surface area contributed by atoms with Crippen LogP contribution in [0.25, 0.3) is 0 Å². The number of rotatable bonds is 10. The first kappa shape index (κ1) is 26.8. The van der Waals surface area contributed by atoms with Crippen molar-refractivity contribution in [3.8, 4) is 5.75 Å². The molecule has 38 heavy (non-hydrogen) atoms. The molecule has 9 heteroatoms. The van der Waals surface area contributed by atoms with Gasteiger partial charge in [-0.25, -0.2) is 4.79 Å². The maximum atomic E-state index is 13.2. The van der Waals surface area contributed by atoms with E-state index < -0.39 is 0 Å². The molecular weight excluding hydrogens is 482 g/mol. The minimum atomic E-state index is -0.335. The van der Waals surface area contributed by atoms with Crippen molar-refractivity contribution in [2.75, 3.05) is 68.7 Å². The number of benzene rings is 3. The van der Waals surface area contributed by atoms with E-state index in [1.165, 1.54) is 0 Å². The van der Waals surface area contributed by atoms with Crippen molar-refractivity contribution in [3.05, 3.63) is 83.9 Å². The van der Waals surface area contributed by atoms with E-state index in [2.05, 4.69) is 31.8 Å². The Morgan fingerprint density at radius 1 is 0.816 bits per heavy atom. The fraction of sp³-hybridized carbons (Fsp3) is 0.310. The summed E-state index contributed by atoms with van der Waals surface area (Å²) in [5.74, 6) is 0.637. The van der Waals surface area contributed by atoms with Crippen molar-refractivity contribution in [2.24, 2.45) is 0 Å². The number of amides is 3. The zero-order valence-corrected chi connectivity index (χ0v) is 21.9. The van der Waals surface area contributed by atoms with Crippen LogP contribution in [0.1, 0.15) is 15.9 Å². The largest absolute Gasteiger partial charge is 0.495 e. The molecule has 1 heterocycles. The number of ether oxygens (including phenoxy) is 2. The second kappa shape index (κ2) is 13.3. The molecule has 200 valence electrons. The molecule has 1 fully saturated rings. The number of piperazine rings is 1. The molecule has 0 aliphatic carbocycles. The number of hydrogen-bond donors (Lipinski definition) is 3. The summed E-state index contributed by atoms with van der Waals surface area (Å²) in [5, 5.41) is 8.61. The zero-order chi connectivity index (χ0) is 26.7. The van der Waals surface area contributed by atoms with Crippen molar-refractivity contribution in [2.45, 2.75) is 6.54 Å². The number of carbonyl (C=O) groups excluding carboxylic acids is 2. The highest BCUT2D eigenvalue weighted by Gasteiger charge is 2.23. The molecule has 0 unspecified atom stereocenters. The van der Waals surface area contributed by atoms with Gasteiger partial charge in [-0.1, -0.05) is 42.5 Å². The van der Waals surface area contributed by atoms with Gasteiger partial charge in [0.1, 0.15) is 5.75 Å². The molecule has 0 aromatic heterocycles. The summed E-state index contributed by atoms with van der Waals surface area (Å²) >= 11 is 0. The Bertz CT molecular complexity index is 1210. The first-order valence-electron chi connectivity index (χ1n) is 12.7. The summed E-state index contributed by atoms with van der Waals surface area (Å²) in [6.45, 7) is 4.26. The van der Waals surface area contributed by atoms with Gasteiger partial charge in [0.25, 0.3) is 5.91 Å². The third-order valence-corrected chi connectivity index (χ3v) is 6.43. The van der Waals surface area contributed by atoms with E-state index in [1.807, 2.05) is 60.7 Å². The van der Waals surface area contributed by atoms with Crippen LogP contribution in [-0.4, -0.2) is 65.5 Å². The van der Waals surface area contributed by atoms with E-state index >= 15 is 0 Å². The topological polar surface area (TPSA) is 95.2 Å². The second-order valence-electron chi connectivity index (χ2n) is 8.92. The molecule has 3 amide bonds. The third-order valence-electron chi connectivity index (χ3n) is 6.43. The molecule has 0 radical (unpaired) electrons. The van der Waals surface area contributed by atoms with Crippen LogP contribution in [0.4, 0.5) is 21.9 Å². The van der Waals surface area contributed by atoms with Crippen LogP contribution in [0.3, 0.4) is 0 Å². The number of nitrogens with one attached hydrogen (secondary N) is 3. The maximum absolute atomic E-state index is 13.2. The fourth-order valence-electron chi connectivity index (χ4n) is 4.47. The Hall–Kier alpha value is -4.24. The second-order valence-corrected chi connectivity index (χ2v) is 8.92. The SMILES string of the molecule is COCCNC(=O)c1cc(NC(=O)NCc2ccccc2)ccc1N1CCN(c2ccccc2OC)CC1. The van der Waals surface area contributed by atoms with Crippen LogP contribution in [0.5, 0.6) is 5.75 Å². The van der Waals surface area contributed by atoms with E-state index in [-0.39, 0.29) is 11.9 Å². The highest BCUT2D eigenvalue weighted by Crippen LogP contribution is 2.31. The van der Waals surface area contributed by atoms with E-state index in [4.69, 9.17) is 9.47 Å². The third kappa shape index (κ3) is 6.95. The van der Waals surface area contributed by atoms with Gasteiger partial charge in [-0.2, -0.15) is 0 Å². The molecule has 0 spiro atoms. The van der Waals surface area contributed by atoms with Gasteiger partial charge < -0.3 is 35.2 Å². The van der Waals surface area contributed by atoms with Crippen LogP contribution in [-0.2, 0) is 11.3 Å². The van der Waals surface area contributed by atoms with Crippen LogP contribution in [0, 0.1) is 0 Å². The van der Waals surface area contributed by atoms with Crippen LogP contribution in [0.15, 0.2) is 72.8 Å². The Labute approximate surface area is 223 Å². The lowest BCUT2D eigenvalue weighted by atomic mass is 10.1. The summed E-state index contributed by atoms with van der Waals surface area (Å²) in [6.07, 6.45) is 0. The van der Waals surface area contributed by atoms with E-state index in [1.54, 1.807) is 20.3 Å². The predicted molar refractivity (Wildman–Crippen MR) is 150 cm³/mol. The van der Waals surface area contributed by atoms with Crippen molar-refractivity contribution in [3.63, 3.8) is 0 Å². The minimum absolute atomic E-state index is 0.211. The van der Waals surface area contributed by atoms with E-state index in [0.717, 1.165) is 48.9 Å². The number of para-hydroxylation sites is 2. The molecular formula is C29H35N5O4. The molecule has 1 aliphatic heterocycles. The summed E-state index contributed by atoms with van der Waals surface area (Å²) < 4.78 is 10.6. The van der Waals surface area contributed by atoms with E-state index in [9.17, 15) is 9.59 Å². The molecule has 9 nitrogen and oxygen atoms in total. The standard InChI is InChI=1S/C29H35N5O4/c1-37-19-14-30-28(35)24-20-23(32-29(36)31-21-22-8-4-3-5-9-22)12-13-25(24)33-15-17-34(18-16-33)26-10-6-7-11-27(26)38-2/h3-13,20H,14-19,21H2,1-2H3,(H,30,35)(H2,31,32,36). The number of anilines is 3. The van der Waals surface area contributed by atoms with Gasteiger partial charge in [0, 0.05) is 57.8 Å². The Morgan fingerprint density at radius 3 is 2.21 bits per heavy atom. The molecule has 0 bridgehead atoms. The lowest BCUT2D eigenvalue weighted by Crippen LogP contribution is -2.47. The van der Waals surface area contributed by atoms with Crippen LogP contribution in [0.2, 0.25) is 0 Å². The molecule has 0 atom stereocenters. The lowest BCUT2D eigenvalue weighted by molar-refractivity contribution is 0.0937. The summed E-state index contributed by atoms with van der Waals surface area (Å²) in [7, 11) is 3.28. The number of urea groups is 1. The summed E-state index contributed by atoms with van der Waals surface area (Å²) in [5.41, 5.74) is 3.95. The number of nitrogens with zero attached hydrogens (tertiary/aromatic N) is 2. The van der Waals surface area contributed by atoms with Crippen LogP contribution >= 0.6 is 0 Å². The molecule has 0 saturated carbocycles. The molecule has 1 aliphatic rings. The monoisotopic (exact) mass is 517 g/mol. The number of carbonyl (C=O) groups is 2. The highest BCUT2D eigenvalue weighted by atomic mass is 16.5. The Morgan fingerprint density at radius 2 is 1.50 bits per heavy atom. The maximum Gasteiger partial charge on any atom is 0.319 e. The number of hydrogen-bond acceptors (Lipinski definition) is 6. The smallest absolute Gasteiger partial charge is 0.319 e. The number of methoxy groups -OCH3 is 2. The van der Waals surface area contributed by atoms with Gasteiger partial charge in [0.2, 0.25) is 0 Å². The molecule has 4 rings (SSSR count). The first-order valence-corrected chi connectivity index (χ1v) is 12.7. The molecule has 3 aromatic rings. The Kier molecular flexibility index (Phi) is 9.42. The quantitative estimate of drug-likeness (QED) is 0.355. The highest BCUT2D eigenvalue weighted by molar-refractivity contribution is 6.02. The van der Waals surface area contributed by atoms with Crippen molar-refractivity contribution in [1.82, 2.24) is 10.6 Å². The summed E-state index contributed by atoms with van der Waals surface area (Å²) in [4.78, 5) is 30.2. The van der Waals surface area contributed by atoms with Gasteiger partial charge >= 0.3 is 6.03 Å². The zero-order valence-electron chi connectivity index (χ0n) is 21.9. The van der Waals surface area contributed by atoms with Crippen molar-refractivity contribution < 1.29 is 19.1 Å². The molecule has 1 saturated heterocycles. The predicted octanol–water partition coefficient (Wildman–Crippen LogP) is 3.72. The first-order chi connectivity index (χ1) is 18.6. The van der Waals surface area contributed by atoms with Crippen LogP contribution < -0.4 is 30.5 Å². The van der Waals surface area contributed by atoms with Gasteiger partial charge in [-0.3, -0.25) is 4.79 Å². The van der Waals surface area contributed by atoms with Crippen molar-refractivity contribution in [1.29, 1.82) is 0 Å². The average molecular weight is 518 g/mol. The average Bonchev–Trinajstić information content (AvgIpc) is 2.97. The van der Waals surface area contributed by atoms with E-state index in [0.29, 0.717) is 30.9 Å².